The Morgan fingerprint density at radius 3 is 2.43 bits per heavy atom. The molecule has 0 aromatic heterocycles. The molecule has 3 aromatic rings. The first-order chi connectivity index (χ1) is 17.2. The topological polar surface area (TPSA) is 43.9 Å². The third kappa shape index (κ3) is 5.09. The monoisotopic (exact) mass is 487 g/mol. The molecule has 35 heavy (non-hydrogen) atoms. The van der Waals surface area contributed by atoms with Gasteiger partial charge in [0.2, 0.25) is 11.8 Å². The molecule has 0 radical (unpaired) electrons. The van der Waals surface area contributed by atoms with Crippen LogP contribution in [0.4, 0.5) is 5.69 Å². The summed E-state index contributed by atoms with van der Waals surface area (Å²) in [7, 11) is 0. The van der Waals surface area contributed by atoms with Gasteiger partial charge in [-0.05, 0) is 47.2 Å². The lowest BCUT2D eigenvalue weighted by Gasteiger charge is -2.37. The smallest absolute Gasteiger partial charge is 0.237 e. The summed E-state index contributed by atoms with van der Waals surface area (Å²) < 4.78 is 0. The molecule has 3 aromatic carbocycles. The summed E-state index contributed by atoms with van der Waals surface area (Å²) in [6.45, 7) is 7.64. The number of anilines is 1. The number of nitrogens with zero attached hydrogens (tertiary/aromatic N) is 3. The minimum Gasteiger partial charge on any atom is -0.368 e. The van der Waals surface area contributed by atoms with E-state index in [2.05, 4.69) is 53.1 Å². The lowest BCUT2D eigenvalue weighted by Crippen LogP contribution is -2.47. The molecular weight excluding hydrogens is 454 g/mol. The molecule has 2 saturated heterocycles. The fourth-order valence-electron chi connectivity index (χ4n) is 5.38. The fraction of sp³-hybridized carbons (Fsp3) is 0.379. The summed E-state index contributed by atoms with van der Waals surface area (Å²) in [5, 5.41) is 2.18. The van der Waals surface area contributed by atoms with Crippen molar-refractivity contribution >= 4 is 40.0 Å². The second-order valence-electron chi connectivity index (χ2n) is 9.29. The Morgan fingerprint density at radius 2 is 1.60 bits per heavy atom. The Kier molecular flexibility index (Phi) is 7.40. The normalized spacial score (nSPS) is 19.2. The number of fused-ring (bicyclic) bond motifs is 1. The SMILES string of the molecule is CCSc1ccccc1N1CCN(CCCN2C(=O)CC(c3cccc4ccccc34)C2=O)CC1. The number of carbonyl (C=O) groups excluding carboxylic acids is 2. The van der Waals surface area contributed by atoms with Crippen molar-refractivity contribution in [1.82, 2.24) is 9.80 Å². The van der Waals surface area contributed by atoms with Gasteiger partial charge in [-0.3, -0.25) is 19.4 Å². The minimum atomic E-state index is -0.363. The van der Waals surface area contributed by atoms with Crippen LogP contribution in [0.5, 0.6) is 0 Å². The Bertz CT molecular complexity index is 1200. The molecule has 0 saturated carbocycles. The number of para-hydroxylation sites is 1. The Morgan fingerprint density at radius 1 is 0.857 bits per heavy atom. The molecule has 2 aliphatic rings. The average molecular weight is 488 g/mol. The quantitative estimate of drug-likeness (QED) is 0.330. The highest BCUT2D eigenvalue weighted by Gasteiger charge is 2.39. The van der Waals surface area contributed by atoms with Gasteiger partial charge in [0, 0.05) is 44.0 Å². The van der Waals surface area contributed by atoms with Crippen LogP contribution in [0.2, 0.25) is 0 Å². The molecule has 0 aliphatic carbocycles. The lowest BCUT2D eigenvalue weighted by atomic mass is 9.92. The molecule has 2 aliphatic heterocycles. The first kappa shape index (κ1) is 23.9. The van der Waals surface area contributed by atoms with Crippen molar-refractivity contribution in [2.45, 2.75) is 30.6 Å². The van der Waals surface area contributed by atoms with E-state index in [1.54, 1.807) is 0 Å². The van der Waals surface area contributed by atoms with Crippen LogP contribution in [0.1, 0.15) is 31.2 Å². The molecule has 1 unspecified atom stereocenters. The van der Waals surface area contributed by atoms with E-state index in [1.165, 1.54) is 15.5 Å². The van der Waals surface area contributed by atoms with E-state index in [0.29, 0.717) is 6.54 Å². The van der Waals surface area contributed by atoms with Gasteiger partial charge < -0.3 is 4.90 Å². The van der Waals surface area contributed by atoms with Gasteiger partial charge in [-0.15, -0.1) is 11.8 Å². The zero-order valence-corrected chi connectivity index (χ0v) is 21.2. The average Bonchev–Trinajstić information content (AvgIpc) is 3.17. The maximum absolute atomic E-state index is 13.2. The van der Waals surface area contributed by atoms with E-state index in [4.69, 9.17) is 0 Å². The first-order valence-electron chi connectivity index (χ1n) is 12.7. The molecule has 6 heteroatoms. The zero-order valence-electron chi connectivity index (χ0n) is 20.4. The summed E-state index contributed by atoms with van der Waals surface area (Å²) >= 11 is 1.90. The largest absolute Gasteiger partial charge is 0.368 e. The molecule has 5 rings (SSSR count). The number of hydrogen-bond acceptors (Lipinski definition) is 5. The van der Waals surface area contributed by atoms with Crippen LogP contribution >= 0.6 is 11.8 Å². The number of thioether (sulfide) groups is 1. The number of carbonyl (C=O) groups is 2. The number of piperazine rings is 1. The molecular formula is C29H33N3O2S. The highest BCUT2D eigenvalue weighted by atomic mass is 32.2. The maximum atomic E-state index is 13.2. The van der Waals surface area contributed by atoms with Crippen LogP contribution in [0.25, 0.3) is 10.8 Å². The van der Waals surface area contributed by atoms with Gasteiger partial charge in [0.25, 0.3) is 0 Å². The first-order valence-corrected chi connectivity index (χ1v) is 13.6. The van der Waals surface area contributed by atoms with E-state index in [1.807, 2.05) is 42.1 Å². The third-order valence-corrected chi connectivity index (χ3v) is 8.12. The molecule has 0 bridgehead atoms. The Balaban J connectivity index is 1.14. The van der Waals surface area contributed by atoms with Crippen molar-refractivity contribution in [3.05, 3.63) is 72.3 Å². The number of likely N-dealkylation sites (tertiary alicyclic amines) is 1. The van der Waals surface area contributed by atoms with Crippen molar-refractivity contribution in [3.63, 3.8) is 0 Å². The highest BCUT2D eigenvalue weighted by molar-refractivity contribution is 7.99. The summed E-state index contributed by atoms with van der Waals surface area (Å²) in [4.78, 5) is 33.8. The molecule has 182 valence electrons. The predicted molar refractivity (Wildman–Crippen MR) is 144 cm³/mol. The molecule has 1 atom stereocenters. The van der Waals surface area contributed by atoms with E-state index < -0.39 is 0 Å². The second-order valence-corrected chi connectivity index (χ2v) is 10.6. The van der Waals surface area contributed by atoms with Crippen LogP contribution in [0, 0.1) is 0 Å². The third-order valence-electron chi connectivity index (χ3n) is 7.18. The lowest BCUT2D eigenvalue weighted by molar-refractivity contribution is -0.138. The number of benzene rings is 3. The van der Waals surface area contributed by atoms with Gasteiger partial charge in [-0.1, -0.05) is 61.5 Å². The number of amides is 2. The summed E-state index contributed by atoms with van der Waals surface area (Å²) in [5.41, 5.74) is 2.31. The molecule has 2 amide bonds. The zero-order chi connectivity index (χ0) is 24.2. The standard InChI is InChI=1S/C29H33N3O2S/c1-2-35-27-14-6-5-13-26(27)31-19-17-30(18-20-31)15-8-16-32-28(33)21-25(29(32)34)24-12-7-10-22-9-3-4-11-23(22)24/h3-7,9-14,25H,2,8,15-21H2,1H3. The van der Waals surface area contributed by atoms with E-state index in [9.17, 15) is 9.59 Å². The van der Waals surface area contributed by atoms with Gasteiger partial charge in [0.05, 0.1) is 11.6 Å². The van der Waals surface area contributed by atoms with Crippen molar-refractivity contribution < 1.29 is 9.59 Å². The Hall–Kier alpha value is -2.83. The van der Waals surface area contributed by atoms with Crippen LogP contribution in [0.15, 0.2) is 71.6 Å². The minimum absolute atomic E-state index is 0.0391. The highest BCUT2D eigenvalue weighted by Crippen LogP contribution is 2.34. The van der Waals surface area contributed by atoms with Gasteiger partial charge in [0.15, 0.2) is 0 Å². The predicted octanol–water partition coefficient (Wildman–Crippen LogP) is 5.01. The molecule has 2 fully saturated rings. The van der Waals surface area contributed by atoms with Crippen molar-refractivity contribution in [2.24, 2.45) is 0 Å². The van der Waals surface area contributed by atoms with E-state index in [-0.39, 0.29) is 24.2 Å². The summed E-state index contributed by atoms with van der Waals surface area (Å²) in [6, 6.07) is 22.8. The van der Waals surface area contributed by atoms with Crippen molar-refractivity contribution in [3.8, 4) is 0 Å². The fourth-order valence-corrected chi connectivity index (χ4v) is 6.21. The number of imide groups is 1. The summed E-state index contributed by atoms with van der Waals surface area (Å²) in [5.74, 6) is 0.633. The molecule has 5 nitrogen and oxygen atoms in total. The maximum Gasteiger partial charge on any atom is 0.237 e. The Labute approximate surface area is 212 Å². The van der Waals surface area contributed by atoms with Crippen molar-refractivity contribution in [1.29, 1.82) is 0 Å². The summed E-state index contributed by atoms with van der Waals surface area (Å²) in [6.07, 6.45) is 1.10. The molecule has 2 heterocycles. The van der Waals surface area contributed by atoms with Gasteiger partial charge >= 0.3 is 0 Å². The molecule has 0 spiro atoms. The number of rotatable bonds is 8. The van der Waals surface area contributed by atoms with Gasteiger partial charge in [-0.2, -0.15) is 0 Å². The molecule has 0 N–H and O–H groups in total. The van der Waals surface area contributed by atoms with Gasteiger partial charge in [-0.25, -0.2) is 0 Å². The van der Waals surface area contributed by atoms with Crippen LogP contribution in [-0.2, 0) is 9.59 Å². The van der Waals surface area contributed by atoms with Gasteiger partial charge in [0.1, 0.15) is 0 Å². The van der Waals surface area contributed by atoms with Crippen LogP contribution < -0.4 is 4.90 Å². The second kappa shape index (κ2) is 10.8. The van der Waals surface area contributed by atoms with Crippen LogP contribution in [-0.4, -0.2) is 66.6 Å². The number of hydrogen-bond donors (Lipinski definition) is 0. The van der Waals surface area contributed by atoms with Crippen molar-refractivity contribution in [2.75, 3.05) is 49.9 Å². The van der Waals surface area contributed by atoms with E-state index >= 15 is 0 Å². The van der Waals surface area contributed by atoms with Crippen LogP contribution in [0.3, 0.4) is 0 Å². The van der Waals surface area contributed by atoms with E-state index in [0.717, 1.165) is 61.2 Å².